The van der Waals surface area contributed by atoms with E-state index in [9.17, 15) is 0 Å². The first-order chi connectivity index (χ1) is 4.80. The standard InChI is InChI=1S/C8H14.CH4O/c1-7-5-3-4-6-8(7)2;1-2/h3-6H2,1-2H3;2H,1H3. The second-order valence-corrected chi connectivity index (χ2v) is 2.77. The van der Waals surface area contributed by atoms with Crippen molar-refractivity contribution in [2.24, 2.45) is 0 Å². The van der Waals surface area contributed by atoms with E-state index in [-0.39, 0.29) is 0 Å². The van der Waals surface area contributed by atoms with Crippen LogP contribution in [0.5, 0.6) is 0 Å². The van der Waals surface area contributed by atoms with Crippen molar-refractivity contribution < 1.29 is 5.11 Å². The predicted octanol–water partition coefficient (Wildman–Crippen LogP) is 2.51. The summed E-state index contributed by atoms with van der Waals surface area (Å²) in [5, 5.41) is 7.00. The Balaban J connectivity index is 0.000000371. The second kappa shape index (κ2) is 5.48. The normalized spacial score (nSPS) is 18.0. The summed E-state index contributed by atoms with van der Waals surface area (Å²) in [5.74, 6) is 0. The first-order valence-electron chi connectivity index (χ1n) is 3.90. The third kappa shape index (κ3) is 3.02. The van der Waals surface area contributed by atoms with Crippen LogP contribution in [0.25, 0.3) is 0 Å². The van der Waals surface area contributed by atoms with Crippen molar-refractivity contribution in [2.45, 2.75) is 39.5 Å². The highest BCUT2D eigenvalue weighted by atomic mass is 16.2. The van der Waals surface area contributed by atoms with E-state index in [1.807, 2.05) is 0 Å². The molecule has 0 saturated heterocycles. The molecule has 0 heterocycles. The summed E-state index contributed by atoms with van der Waals surface area (Å²) < 4.78 is 0. The van der Waals surface area contributed by atoms with Crippen molar-refractivity contribution in [1.82, 2.24) is 0 Å². The lowest BCUT2D eigenvalue weighted by Gasteiger charge is -2.12. The summed E-state index contributed by atoms with van der Waals surface area (Å²) in [6.07, 6.45) is 5.55. The molecule has 1 aliphatic rings. The lowest BCUT2D eigenvalue weighted by atomic mass is 9.94. The summed E-state index contributed by atoms with van der Waals surface area (Å²) in [6.45, 7) is 4.52. The highest BCUT2D eigenvalue weighted by molar-refractivity contribution is 5.11. The van der Waals surface area contributed by atoms with Gasteiger partial charge in [-0.25, -0.2) is 0 Å². The van der Waals surface area contributed by atoms with E-state index in [0.717, 1.165) is 7.11 Å². The van der Waals surface area contributed by atoms with Gasteiger partial charge in [-0.1, -0.05) is 11.1 Å². The third-order valence-electron chi connectivity index (χ3n) is 2.08. The molecule has 0 unspecified atom stereocenters. The van der Waals surface area contributed by atoms with Gasteiger partial charge in [0.25, 0.3) is 0 Å². The highest BCUT2D eigenvalue weighted by Gasteiger charge is 2.02. The van der Waals surface area contributed by atoms with Crippen LogP contribution in [-0.2, 0) is 0 Å². The Morgan fingerprint density at radius 2 is 1.20 bits per heavy atom. The zero-order valence-corrected chi connectivity index (χ0v) is 7.28. The Morgan fingerprint density at radius 1 is 0.900 bits per heavy atom. The van der Waals surface area contributed by atoms with E-state index in [1.54, 1.807) is 11.1 Å². The number of allylic oxidation sites excluding steroid dienone is 2. The largest absolute Gasteiger partial charge is 0.400 e. The van der Waals surface area contributed by atoms with Crippen molar-refractivity contribution in [1.29, 1.82) is 0 Å². The van der Waals surface area contributed by atoms with Gasteiger partial charge < -0.3 is 5.11 Å². The second-order valence-electron chi connectivity index (χ2n) is 2.77. The molecular formula is C9H18O. The van der Waals surface area contributed by atoms with Crippen molar-refractivity contribution in [3.8, 4) is 0 Å². The van der Waals surface area contributed by atoms with Crippen LogP contribution in [0, 0.1) is 0 Å². The van der Waals surface area contributed by atoms with E-state index in [4.69, 9.17) is 5.11 Å². The van der Waals surface area contributed by atoms with Gasteiger partial charge >= 0.3 is 0 Å². The van der Waals surface area contributed by atoms with Crippen molar-refractivity contribution in [3.63, 3.8) is 0 Å². The molecule has 0 aromatic heterocycles. The lowest BCUT2D eigenvalue weighted by Crippen LogP contribution is -1.92. The number of hydrogen-bond acceptors (Lipinski definition) is 1. The third-order valence-corrected chi connectivity index (χ3v) is 2.08. The molecule has 0 fully saturated rings. The predicted molar refractivity (Wildman–Crippen MR) is 45.0 cm³/mol. The smallest absolute Gasteiger partial charge is 0.0319 e. The molecule has 1 rings (SSSR count). The molecule has 0 spiro atoms. The maximum absolute atomic E-state index is 7.00. The van der Waals surface area contributed by atoms with Gasteiger partial charge in [-0.15, -0.1) is 0 Å². The van der Waals surface area contributed by atoms with Gasteiger partial charge in [0.2, 0.25) is 0 Å². The fraction of sp³-hybridized carbons (Fsp3) is 0.778. The molecule has 0 atom stereocenters. The topological polar surface area (TPSA) is 20.2 Å². The van der Waals surface area contributed by atoms with Crippen LogP contribution >= 0.6 is 0 Å². The van der Waals surface area contributed by atoms with Crippen molar-refractivity contribution >= 4 is 0 Å². The van der Waals surface area contributed by atoms with Crippen LogP contribution in [0.3, 0.4) is 0 Å². The average molecular weight is 142 g/mol. The van der Waals surface area contributed by atoms with Gasteiger partial charge in [0.1, 0.15) is 0 Å². The number of rotatable bonds is 0. The van der Waals surface area contributed by atoms with Gasteiger partial charge in [-0.2, -0.15) is 0 Å². The fourth-order valence-corrected chi connectivity index (χ4v) is 1.21. The molecule has 0 amide bonds. The number of aliphatic hydroxyl groups is 1. The van der Waals surface area contributed by atoms with Gasteiger partial charge in [-0.3, -0.25) is 0 Å². The maximum Gasteiger partial charge on any atom is 0.0319 e. The van der Waals surface area contributed by atoms with Crippen LogP contribution in [-0.4, -0.2) is 12.2 Å². The minimum Gasteiger partial charge on any atom is -0.400 e. The zero-order valence-electron chi connectivity index (χ0n) is 7.28. The Hall–Kier alpha value is -0.300. The van der Waals surface area contributed by atoms with Crippen molar-refractivity contribution in [3.05, 3.63) is 11.1 Å². The summed E-state index contributed by atoms with van der Waals surface area (Å²) in [7, 11) is 1.00. The Kier molecular flexibility index (Phi) is 5.32. The van der Waals surface area contributed by atoms with Gasteiger partial charge in [0.15, 0.2) is 0 Å². The van der Waals surface area contributed by atoms with Gasteiger partial charge in [0, 0.05) is 7.11 Å². The van der Waals surface area contributed by atoms with E-state index in [2.05, 4.69) is 13.8 Å². The molecule has 0 aromatic carbocycles. The monoisotopic (exact) mass is 142 g/mol. The first kappa shape index (κ1) is 9.70. The number of aliphatic hydroxyl groups excluding tert-OH is 1. The van der Waals surface area contributed by atoms with Crippen LogP contribution in [0.4, 0.5) is 0 Å². The van der Waals surface area contributed by atoms with E-state index < -0.39 is 0 Å². The van der Waals surface area contributed by atoms with E-state index in [0.29, 0.717) is 0 Å². The highest BCUT2D eigenvalue weighted by Crippen LogP contribution is 2.22. The lowest BCUT2D eigenvalue weighted by molar-refractivity contribution is 0.399. The quantitative estimate of drug-likeness (QED) is 0.515. The molecule has 0 aliphatic heterocycles. The van der Waals surface area contributed by atoms with Crippen LogP contribution in [0.2, 0.25) is 0 Å². The first-order valence-corrected chi connectivity index (χ1v) is 3.90. The van der Waals surface area contributed by atoms with E-state index in [1.165, 1.54) is 25.7 Å². The van der Waals surface area contributed by atoms with Crippen molar-refractivity contribution in [2.75, 3.05) is 7.11 Å². The minimum absolute atomic E-state index is 1.00. The van der Waals surface area contributed by atoms with Crippen LogP contribution < -0.4 is 0 Å². The summed E-state index contributed by atoms with van der Waals surface area (Å²) in [6, 6.07) is 0. The fourth-order valence-electron chi connectivity index (χ4n) is 1.21. The molecule has 1 heteroatoms. The molecule has 60 valence electrons. The van der Waals surface area contributed by atoms with Crippen LogP contribution in [0.15, 0.2) is 11.1 Å². The molecule has 0 radical (unpaired) electrons. The SMILES string of the molecule is CC1=C(C)CCCC1.CO. The Morgan fingerprint density at radius 3 is 1.40 bits per heavy atom. The van der Waals surface area contributed by atoms with E-state index >= 15 is 0 Å². The van der Waals surface area contributed by atoms with Gasteiger partial charge in [-0.05, 0) is 39.5 Å². The summed E-state index contributed by atoms with van der Waals surface area (Å²) >= 11 is 0. The molecule has 1 nitrogen and oxygen atoms in total. The molecule has 1 aliphatic carbocycles. The minimum atomic E-state index is 1.00. The Labute approximate surface area is 63.8 Å². The average Bonchev–Trinajstić information content (AvgIpc) is 2.00. The molecular weight excluding hydrogens is 124 g/mol. The summed E-state index contributed by atoms with van der Waals surface area (Å²) in [5.41, 5.74) is 3.27. The maximum atomic E-state index is 7.00. The zero-order chi connectivity index (χ0) is 7.98. The Bertz CT molecular complexity index is 99.9. The molecule has 0 saturated carbocycles. The molecule has 0 bridgehead atoms. The molecule has 10 heavy (non-hydrogen) atoms. The van der Waals surface area contributed by atoms with Crippen LogP contribution in [0.1, 0.15) is 39.5 Å². The molecule has 0 aromatic rings. The summed E-state index contributed by atoms with van der Waals surface area (Å²) in [4.78, 5) is 0. The number of hydrogen-bond donors (Lipinski definition) is 1. The van der Waals surface area contributed by atoms with Gasteiger partial charge in [0.05, 0.1) is 0 Å². The molecule has 1 N–H and O–H groups in total.